The minimum Gasteiger partial charge on any atom is -0.486 e. The first kappa shape index (κ1) is 26.4. The van der Waals surface area contributed by atoms with E-state index in [4.69, 9.17) is 18.9 Å². The Balaban J connectivity index is 1.38. The number of esters is 1. The van der Waals surface area contributed by atoms with Crippen molar-refractivity contribution in [3.8, 4) is 11.5 Å². The van der Waals surface area contributed by atoms with Crippen molar-refractivity contribution in [3.05, 3.63) is 58.9 Å². The maximum atomic E-state index is 13.9. The van der Waals surface area contributed by atoms with E-state index in [1.54, 1.807) is 6.07 Å². The molecule has 1 aliphatic heterocycles. The molecule has 2 aromatic carbocycles. The van der Waals surface area contributed by atoms with Gasteiger partial charge in [0.1, 0.15) is 31.2 Å². The molecular formula is C29H38FNO5. The molecule has 1 heterocycles. The molecule has 2 aromatic rings. The van der Waals surface area contributed by atoms with Gasteiger partial charge in [-0.15, -0.1) is 0 Å². The molecule has 0 saturated carbocycles. The number of ether oxygens (including phenoxy) is 4. The van der Waals surface area contributed by atoms with Crippen LogP contribution in [0, 0.1) is 11.7 Å². The van der Waals surface area contributed by atoms with Gasteiger partial charge in [-0.1, -0.05) is 26.0 Å². The number of carbonyl (C=O) groups is 1. The highest BCUT2D eigenvalue weighted by Gasteiger charge is 2.47. The molecule has 0 saturated heterocycles. The molecule has 4 rings (SSSR count). The fraction of sp³-hybridized carbons (Fsp3) is 0.552. The molecule has 0 spiro atoms. The van der Waals surface area contributed by atoms with Gasteiger partial charge >= 0.3 is 5.97 Å². The van der Waals surface area contributed by atoms with Crippen molar-refractivity contribution < 1.29 is 28.1 Å². The maximum Gasteiger partial charge on any atom is 0.332 e. The van der Waals surface area contributed by atoms with E-state index in [9.17, 15) is 9.18 Å². The lowest BCUT2D eigenvalue weighted by Crippen LogP contribution is -2.49. The van der Waals surface area contributed by atoms with E-state index in [2.05, 4.69) is 31.3 Å². The van der Waals surface area contributed by atoms with Crippen LogP contribution in [-0.2, 0) is 27.1 Å². The summed E-state index contributed by atoms with van der Waals surface area (Å²) in [5.74, 6) is 1.27. The van der Waals surface area contributed by atoms with E-state index in [0.717, 1.165) is 48.6 Å². The Morgan fingerprint density at radius 3 is 2.72 bits per heavy atom. The molecule has 0 amide bonds. The number of methoxy groups -OCH3 is 1. The minimum atomic E-state index is -0.655. The molecule has 2 atom stereocenters. The Bertz CT molecular complexity index is 1040. The second-order valence-corrected chi connectivity index (χ2v) is 10.1. The number of benzene rings is 2. The van der Waals surface area contributed by atoms with Gasteiger partial charge in [-0.3, -0.25) is 0 Å². The largest absolute Gasteiger partial charge is 0.486 e. The van der Waals surface area contributed by atoms with Crippen LogP contribution in [0.15, 0.2) is 36.4 Å². The van der Waals surface area contributed by atoms with E-state index in [1.165, 1.54) is 18.7 Å². The molecule has 36 heavy (non-hydrogen) atoms. The summed E-state index contributed by atoms with van der Waals surface area (Å²) in [5, 5.41) is 3.55. The summed E-state index contributed by atoms with van der Waals surface area (Å²) in [7, 11) is 1.50. The van der Waals surface area contributed by atoms with E-state index in [0.29, 0.717) is 32.5 Å². The second-order valence-electron chi connectivity index (χ2n) is 10.1. The lowest BCUT2D eigenvalue weighted by Gasteiger charge is -2.46. The van der Waals surface area contributed by atoms with Gasteiger partial charge < -0.3 is 24.3 Å². The highest BCUT2D eigenvalue weighted by Crippen LogP contribution is 2.48. The van der Waals surface area contributed by atoms with Crippen LogP contribution in [0.2, 0.25) is 0 Å². The van der Waals surface area contributed by atoms with Crippen LogP contribution in [0.5, 0.6) is 11.5 Å². The van der Waals surface area contributed by atoms with Crippen LogP contribution >= 0.6 is 0 Å². The summed E-state index contributed by atoms with van der Waals surface area (Å²) in [4.78, 5) is 12.6. The summed E-state index contributed by atoms with van der Waals surface area (Å²) in [6.07, 6.45) is 3.95. The average molecular weight is 500 g/mol. The summed E-state index contributed by atoms with van der Waals surface area (Å²) in [5.41, 5.74) is 2.67. The Morgan fingerprint density at radius 2 is 1.94 bits per heavy atom. The summed E-state index contributed by atoms with van der Waals surface area (Å²) >= 11 is 0. The number of hydrogen-bond donors (Lipinski definition) is 1. The number of rotatable bonds is 11. The number of nitrogens with one attached hydrogen (secondary N) is 1. The Kier molecular flexibility index (Phi) is 8.86. The van der Waals surface area contributed by atoms with Gasteiger partial charge in [-0.05, 0) is 85.6 Å². The first-order chi connectivity index (χ1) is 17.4. The summed E-state index contributed by atoms with van der Waals surface area (Å²) < 4.78 is 36.4. The van der Waals surface area contributed by atoms with E-state index >= 15 is 0 Å². The van der Waals surface area contributed by atoms with Crippen molar-refractivity contribution in [2.45, 2.75) is 57.5 Å². The third kappa shape index (κ3) is 6.19. The zero-order chi connectivity index (χ0) is 25.5. The van der Waals surface area contributed by atoms with Crippen LogP contribution in [0.3, 0.4) is 0 Å². The minimum absolute atomic E-state index is 0.0119. The first-order valence-electron chi connectivity index (χ1n) is 13.0. The summed E-state index contributed by atoms with van der Waals surface area (Å²) in [6.45, 7) is 6.97. The zero-order valence-corrected chi connectivity index (χ0v) is 21.6. The van der Waals surface area contributed by atoms with Gasteiger partial charge in [0.05, 0.1) is 0 Å². The second kappa shape index (κ2) is 12.1. The molecule has 1 N–H and O–H groups in total. The fourth-order valence-corrected chi connectivity index (χ4v) is 5.75. The normalized spacial score (nSPS) is 20.8. The fourth-order valence-electron chi connectivity index (χ4n) is 5.75. The number of hydrogen-bond acceptors (Lipinski definition) is 6. The smallest absolute Gasteiger partial charge is 0.332 e. The van der Waals surface area contributed by atoms with Crippen molar-refractivity contribution in [1.82, 2.24) is 5.32 Å². The molecule has 0 aromatic heterocycles. The Labute approximate surface area is 213 Å². The Hall–Kier alpha value is -2.64. The third-order valence-corrected chi connectivity index (χ3v) is 7.22. The van der Waals surface area contributed by atoms with Crippen LogP contribution in [0.1, 0.15) is 55.7 Å². The lowest BCUT2D eigenvalue weighted by molar-refractivity contribution is -0.171. The molecule has 1 aliphatic carbocycles. The molecular weight excluding hydrogens is 461 g/mol. The quantitative estimate of drug-likeness (QED) is 0.353. The number of halogens is 1. The average Bonchev–Trinajstić information content (AvgIpc) is 2.86. The van der Waals surface area contributed by atoms with Crippen molar-refractivity contribution in [2.24, 2.45) is 5.92 Å². The molecule has 0 unspecified atom stereocenters. The molecule has 0 radical (unpaired) electrons. The van der Waals surface area contributed by atoms with Gasteiger partial charge in [0, 0.05) is 19.4 Å². The zero-order valence-electron chi connectivity index (χ0n) is 21.6. The SMILES string of the molecule is COCC(=O)O[C@@]1(CCNCCCc2ccc3c(c2)OCCO3)CCc2cc(F)ccc2[C@H]1C(C)C. The van der Waals surface area contributed by atoms with Crippen LogP contribution in [0.25, 0.3) is 0 Å². The molecule has 6 nitrogen and oxygen atoms in total. The Morgan fingerprint density at radius 1 is 1.14 bits per heavy atom. The lowest BCUT2D eigenvalue weighted by atomic mass is 9.65. The van der Waals surface area contributed by atoms with Crippen molar-refractivity contribution in [3.63, 3.8) is 0 Å². The topological polar surface area (TPSA) is 66.0 Å². The molecule has 0 bridgehead atoms. The molecule has 7 heteroatoms. The summed E-state index contributed by atoms with van der Waals surface area (Å²) in [6, 6.07) is 11.1. The third-order valence-electron chi connectivity index (χ3n) is 7.22. The number of fused-ring (bicyclic) bond motifs is 2. The number of carbonyl (C=O) groups excluding carboxylic acids is 1. The van der Waals surface area contributed by atoms with Gasteiger partial charge in [-0.2, -0.15) is 0 Å². The van der Waals surface area contributed by atoms with Gasteiger partial charge in [0.15, 0.2) is 11.5 Å². The molecule has 0 fully saturated rings. The molecule has 196 valence electrons. The predicted octanol–water partition coefficient (Wildman–Crippen LogP) is 4.82. The van der Waals surface area contributed by atoms with Crippen molar-refractivity contribution in [1.29, 1.82) is 0 Å². The van der Waals surface area contributed by atoms with E-state index in [-0.39, 0.29) is 30.2 Å². The predicted molar refractivity (Wildman–Crippen MR) is 136 cm³/mol. The van der Waals surface area contributed by atoms with E-state index in [1.807, 2.05) is 12.1 Å². The highest BCUT2D eigenvalue weighted by atomic mass is 19.1. The van der Waals surface area contributed by atoms with Gasteiger partial charge in [0.25, 0.3) is 0 Å². The van der Waals surface area contributed by atoms with Crippen LogP contribution in [-0.4, -0.2) is 51.6 Å². The van der Waals surface area contributed by atoms with E-state index < -0.39 is 5.60 Å². The highest BCUT2D eigenvalue weighted by molar-refractivity contribution is 5.71. The van der Waals surface area contributed by atoms with Crippen molar-refractivity contribution >= 4 is 5.97 Å². The van der Waals surface area contributed by atoms with Gasteiger partial charge in [0.2, 0.25) is 0 Å². The monoisotopic (exact) mass is 499 g/mol. The van der Waals surface area contributed by atoms with Crippen LogP contribution in [0.4, 0.5) is 4.39 Å². The van der Waals surface area contributed by atoms with Crippen LogP contribution < -0.4 is 14.8 Å². The standard InChI is InChI=1S/C29H38FNO5/c1-20(2)28-24-8-7-23(30)18-22(24)10-11-29(28,36-27(32)19-33-3)12-14-31-13-4-5-21-6-9-25-26(17-21)35-16-15-34-25/h6-9,17-18,20,28,31H,4-5,10-16,19H2,1-3H3/t28-,29-/m1/s1. The maximum absolute atomic E-state index is 13.9. The first-order valence-corrected chi connectivity index (χ1v) is 13.0. The van der Waals surface area contributed by atoms with Crippen molar-refractivity contribution in [2.75, 3.05) is 40.0 Å². The molecule has 2 aliphatic rings. The number of aryl methyl sites for hydroxylation is 2. The van der Waals surface area contributed by atoms with Gasteiger partial charge in [-0.25, -0.2) is 9.18 Å².